The predicted octanol–water partition coefficient (Wildman–Crippen LogP) is 1.33. The van der Waals surface area contributed by atoms with E-state index in [0.717, 1.165) is 24.6 Å². The van der Waals surface area contributed by atoms with Gasteiger partial charge in [0.1, 0.15) is 11.6 Å². The van der Waals surface area contributed by atoms with Gasteiger partial charge in [-0.05, 0) is 18.6 Å². The Kier molecular flexibility index (Phi) is 4.90. The topological polar surface area (TPSA) is 48.4 Å². The van der Waals surface area contributed by atoms with Gasteiger partial charge in [-0.3, -0.25) is 0 Å². The molecule has 0 aliphatic rings. The first-order valence-electron chi connectivity index (χ1n) is 5.31. The second-order valence-electron chi connectivity index (χ2n) is 3.45. The van der Waals surface area contributed by atoms with E-state index in [1.165, 1.54) is 0 Å². The van der Waals surface area contributed by atoms with Gasteiger partial charge in [0.15, 0.2) is 0 Å². The molecule has 0 aliphatic heterocycles. The molecule has 0 unspecified atom stereocenters. The minimum Gasteiger partial charge on any atom is -0.395 e. The minimum atomic E-state index is 0.144. The molecule has 1 heterocycles. The van der Waals surface area contributed by atoms with Crippen LogP contribution in [0, 0.1) is 0 Å². The van der Waals surface area contributed by atoms with Crippen LogP contribution in [-0.2, 0) is 0 Å². The van der Waals surface area contributed by atoms with Crippen molar-refractivity contribution in [2.75, 3.05) is 37.0 Å². The highest BCUT2D eigenvalue weighted by Crippen LogP contribution is 2.12. The van der Waals surface area contributed by atoms with Crippen molar-refractivity contribution in [2.24, 2.45) is 0 Å². The fraction of sp³-hybridized carbons (Fsp3) is 0.545. The van der Waals surface area contributed by atoms with Crippen LogP contribution in [0.1, 0.15) is 13.3 Å². The average Bonchev–Trinajstić information content (AvgIpc) is 2.27. The number of anilines is 2. The summed E-state index contributed by atoms with van der Waals surface area (Å²) in [7, 11) is 1.92. The van der Waals surface area contributed by atoms with E-state index in [9.17, 15) is 0 Å². The molecular formula is C11H19N3O. The number of hydrogen-bond donors (Lipinski definition) is 2. The van der Waals surface area contributed by atoms with Gasteiger partial charge < -0.3 is 15.3 Å². The molecule has 1 aromatic rings. The van der Waals surface area contributed by atoms with E-state index in [-0.39, 0.29) is 6.61 Å². The first-order valence-corrected chi connectivity index (χ1v) is 5.31. The third-order valence-electron chi connectivity index (χ3n) is 2.12. The van der Waals surface area contributed by atoms with Crippen LogP contribution in [0.4, 0.5) is 11.6 Å². The van der Waals surface area contributed by atoms with E-state index >= 15 is 0 Å². The number of aliphatic hydroxyl groups excluding tert-OH is 1. The van der Waals surface area contributed by atoms with Crippen LogP contribution in [0.2, 0.25) is 0 Å². The summed E-state index contributed by atoms with van der Waals surface area (Å²) in [4.78, 5) is 6.36. The summed E-state index contributed by atoms with van der Waals surface area (Å²) >= 11 is 0. The maximum Gasteiger partial charge on any atom is 0.130 e. The third kappa shape index (κ3) is 3.75. The zero-order chi connectivity index (χ0) is 11.1. The molecule has 0 atom stereocenters. The first-order chi connectivity index (χ1) is 7.27. The number of hydrogen-bond acceptors (Lipinski definition) is 4. The van der Waals surface area contributed by atoms with E-state index in [0.29, 0.717) is 6.54 Å². The molecule has 0 fully saturated rings. The van der Waals surface area contributed by atoms with Crippen LogP contribution >= 0.6 is 0 Å². The molecule has 1 rings (SSSR count). The highest BCUT2D eigenvalue weighted by atomic mass is 16.3. The lowest BCUT2D eigenvalue weighted by atomic mass is 10.4. The van der Waals surface area contributed by atoms with Gasteiger partial charge in [-0.2, -0.15) is 0 Å². The number of pyridine rings is 1. The molecule has 4 nitrogen and oxygen atoms in total. The molecule has 0 aliphatic carbocycles. The van der Waals surface area contributed by atoms with Gasteiger partial charge in [-0.15, -0.1) is 0 Å². The van der Waals surface area contributed by atoms with Crippen molar-refractivity contribution in [3.63, 3.8) is 0 Å². The largest absolute Gasteiger partial charge is 0.395 e. The molecule has 0 saturated carbocycles. The summed E-state index contributed by atoms with van der Waals surface area (Å²) in [5.74, 6) is 1.77. The van der Waals surface area contributed by atoms with Crippen LogP contribution in [-0.4, -0.2) is 36.8 Å². The number of aromatic nitrogens is 1. The van der Waals surface area contributed by atoms with Crippen LogP contribution in [0.5, 0.6) is 0 Å². The summed E-state index contributed by atoms with van der Waals surface area (Å²) in [5, 5.41) is 12.1. The maximum absolute atomic E-state index is 8.82. The Bertz CT molecular complexity index is 291. The number of likely N-dealkylation sites (N-methyl/N-ethyl adjacent to an activating group) is 1. The molecule has 1 aromatic heterocycles. The van der Waals surface area contributed by atoms with E-state index in [1.54, 1.807) is 0 Å². The zero-order valence-electron chi connectivity index (χ0n) is 9.40. The highest BCUT2D eigenvalue weighted by Gasteiger charge is 2.01. The van der Waals surface area contributed by atoms with Crippen molar-refractivity contribution in [1.29, 1.82) is 0 Å². The van der Waals surface area contributed by atoms with Crippen LogP contribution < -0.4 is 10.2 Å². The summed E-state index contributed by atoms with van der Waals surface area (Å²) in [5.41, 5.74) is 0. The van der Waals surface area contributed by atoms with Crippen molar-refractivity contribution < 1.29 is 5.11 Å². The Hall–Kier alpha value is -1.29. The van der Waals surface area contributed by atoms with Crippen LogP contribution in [0.3, 0.4) is 0 Å². The molecule has 84 valence electrons. The second kappa shape index (κ2) is 6.24. The normalized spacial score (nSPS) is 10.1. The van der Waals surface area contributed by atoms with Crippen molar-refractivity contribution >= 4 is 11.6 Å². The molecule has 4 heteroatoms. The number of nitrogens with zero attached hydrogens (tertiary/aromatic N) is 2. The Morgan fingerprint density at radius 3 is 2.93 bits per heavy atom. The van der Waals surface area contributed by atoms with E-state index in [2.05, 4.69) is 17.2 Å². The van der Waals surface area contributed by atoms with E-state index in [4.69, 9.17) is 5.11 Å². The maximum atomic E-state index is 8.82. The quantitative estimate of drug-likeness (QED) is 0.742. The molecule has 15 heavy (non-hydrogen) atoms. The Labute approximate surface area is 90.9 Å². The number of aliphatic hydroxyl groups is 1. The van der Waals surface area contributed by atoms with Gasteiger partial charge in [0, 0.05) is 20.1 Å². The van der Waals surface area contributed by atoms with Crippen molar-refractivity contribution in [3.8, 4) is 0 Å². The number of rotatable bonds is 6. The summed E-state index contributed by atoms with van der Waals surface area (Å²) in [6, 6.07) is 5.85. The SMILES string of the molecule is CCCNc1cccc(N(C)CCO)n1. The molecule has 2 N–H and O–H groups in total. The monoisotopic (exact) mass is 209 g/mol. The smallest absolute Gasteiger partial charge is 0.130 e. The van der Waals surface area contributed by atoms with Crippen molar-refractivity contribution in [2.45, 2.75) is 13.3 Å². The second-order valence-corrected chi connectivity index (χ2v) is 3.45. The highest BCUT2D eigenvalue weighted by molar-refractivity contribution is 5.46. The Balaban J connectivity index is 2.64. The fourth-order valence-corrected chi connectivity index (χ4v) is 1.25. The zero-order valence-corrected chi connectivity index (χ0v) is 9.40. The molecule has 0 bridgehead atoms. The Morgan fingerprint density at radius 1 is 1.47 bits per heavy atom. The minimum absolute atomic E-state index is 0.144. The van der Waals surface area contributed by atoms with Gasteiger partial charge in [0.05, 0.1) is 6.61 Å². The molecular weight excluding hydrogens is 190 g/mol. The standard InChI is InChI=1S/C11H19N3O/c1-3-7-12-10-5-4-6-11(13-10)14(2)8-9-15/h4-6,15H,3,7-9H2,1-2H3,(H,12,13). The molecule has 0 amide bonds. The van der Waals surface area contributed by atoms with E-state index in [1.807, 2.05) is 30.1 Å². The lowest BCUT2D eigenvalue weighted by Gasteiger charge is -2.17. The summed E-state index contributed by atoms with van der Waals surface area (Å²) < 4.78 is 0. The fourth-order valence-electron chi connectivity index (χ4n) is 1.25. The molecule has 0 aromatic carbocycles. The van der Waals surface area contributed by atoms with Gasteiger partial charge in [-0.25, -0.2) is 4.98 Å². The molecule has 0 radical (unpaired) electrons. The summed E-state index contributed by atoms with van der Waals surface area (Å²) in [6.07, 6.45) is 1.08. The summed E-state index contributed by atoms with van der Waals surface area (Å²) in [6.45, 7) is 3.80. The number of nitrogens with one attached hydrogen (secondary N) is 1. The predicted molar refractivity (Wildman–Crippen MR) is 63.4 cm³/mol. The van der Waals surface area contributed by atoms with Crippen LogP contribution in [0.25, 0.3) is 0 Å². The Morgan fingerprint density at radius 2 is 2.27 bits per heavy atom. The van der Waals surface area contributed by atoms with Gasteiger partial charge in [0.2, 0.25) is 0 Å². The van der Waals surface area contributed by atoms with Gasteiger partial charge >= 0.3 is 0 Å². The molecule has 0 spiro atoms. The first kappa shape index (κ1) is 11.8. The average molecular weight is 209 g/mol. The van der Waals surface area contributed by atoms with E-state index < -0.39 is 0 Å². The van der Waals surface area contributed by atoms with Crippen LogP contribution in [0.15, 0.2) is 18.2 Å². The third-order valence-corrected chi connectivity index (χ3v) is 2.12. The van der Waals surface area contributed by atoms with Crippen molar-refractivity contribution in [3.05, 3.63) is 18.2 Å². The lowest BCUT2D eigenvalue weighted by molar-refractivity contribution is 0.304. The van der Waals surface area contributed by atoms with Gasteiger partial charge in [-0.1, -0.05) is 13.0 Å². The van der Waals surface area contributed by atoms with Gasteiger partial charge in [0.25, 0.3) is 0 Å². The van der Waals surface area contributed by atoms with Crippen molar-refractivity contribution in [1.82, 2.24) is 4.98 Å². The lowest BCUT2D eigenvalue weighted by Crippen LogP contribution is -2.22. The molecule has 0 saturated heterocycles.